The summed E-state index contributed by atoms with van der Waals surface area (Å²) in [7, 11) is 0. The van der Waals surface area contributed by atoms with E-state index in [1.54, 1.807) is 54.6 Å². The van der Waals surface area contributed by atoms with E-state index in [4.69, 9.17) is 11.6 Å². The van der Waals surface area contributed by atoms with Crippen molar-refractivity contribution in [2.45, 2.75) is 18.9 Å². The van der Waals surface area contributed by atoms with E-state index in [0.717, 1.165) is 0 Å². The summed E-state index contributed by atoms with van der Waals surface area (Å²) in [5, 5.41) is 31.5. The van der Waals surface area contributed by atoms with Crippen LogP contribution in [0.15, 0.2) is 77.9 Å². The highest BCUT2D eigenvalue weighted by atomic mass is 35.5. The molecular weight excluding hydrogens is 380 g/mol. The van der Waals surface area contributed by atoms with E-state index in [2.05, 4.69) is 0 Å². The summed E-state index contributed by atoms with van der Waals surface area (Å²) < 4.78 is 0. The monoisotopic (exact) mass is 398 g/mol. The van der Waals surface area contributed by atoms with Gasteiger partial charge >= 0.3 is 11.9 Å². The van der Waals surface area contributed by atoms with E-state index in [0.29, 0.717) is 16.1 Å². The van der Waals surface area contributed by atoms with Gasteiger partial charge in [0.1, 0.15) is 5.60 Å². The number of carboxylic acid groups (broad SMARTS) is 2. The largest absolute Gasteiger partial charge is 0.481 e. The molecule has 3 rings (SSSR count). The molecule has 0 saturated carbocycles. The van der Waals surface area contributed by atoms with Crippen LogP contribution in [-0.2, 0) is 15.2 Å². The fourth-order valence-electron chi connectivity index (χ4n) is 3.42. The molecule has 2 aromatic rings. The molecule has 28 heavy (non-hydrogen) atoms. The second-order valence-corrected chi connectivity index (χ2v) is 7.49. The molecule has 0 aliphatic heterocycles. The zero-order valence-corrected chi connectivity index (χ0v) is 15.8. The van der Waals surface area contributed by atoms with Crippen LogP contribution in [0, 0.1) is 5.41 Å². The van der Waals surface area contributed by atoms with Crippen LogP contribution in [0.1, 0.15) is 24.5 Å². The van der Waals surface area contributed by atoms with Crippen molar-refractivity contribution in [3.8, 4) is 0 Å². The normalized spacial score (nSPS) is 21.2. The average Bonchev–Trinajstić information content (AvgIpc) is 2.68. The van der Waals surface area contributed by atoms with E-state index in [-0.39, 0.29) is 17.6 Å². The third-order valence-electron chi connectivity index (χ3n) is 5.00. The van der Waals surface area contributed by atoms with Crippen molar-refractivity contribution in [2.75, 3.05) is 0 Å². The van der Waals surface area contributed by atoms with Gasteiger partial charge in [-0.05, 0) is 48.3 Å². The molecule has 0 fully saturated rings. The van der Waals surface area contributed by atoms with Crippen LogP contribution in [-0.4, -0.2) is 27.3 Å². The molecule has 0 spiro atoms. The summed E-state index contributed by atoms with van der Waals surface area (Å²) in [5.74, 6) is -2.38. The lowest BCUT2D eigenvalue weighted by Gasteiger charge is -2.36. The average molecular weight is 399 g/mol. The lowest BCUT2D eigenvalue weighted by Crippen LogP contribution is -2.36. The lowest BCUT2D eigenvalue weighted by molar-refractivity contribution is -0.145. The Bertz CT molecular complexity index is 978. The Kier molecular flexibility index (Phi) is 5.15. The first-order valence-corrected chi connectivity index (χ1v) is 8.99. The molecule has 2 aromatic carbocycles. The number of rotatable bonds is 5. The van der Waals surface area contributed by atoms with Crippen molar-refractivity contribution >= 4 is 23.5 Å². The first-order valence-electron chi connectivity index (χ1n) is 8.61. The fourth-order valence-corrected chi connectivity index (χ4v) is 3.55. The molecular formula is C22H19ClO5. The molecule has 1 aliphatic carbocycles. The van der Waals surface area contributed by atoms with Crippen molar-refractivity contribution in [3.63, 3.8) is 0 Å². The second-order valence-electron chi connectivity index (χ2n) is 7.06. The zero-order chi connectivity index (χ0) is 20.5. The molecule has 1 aliphatic rings. The highest BCUT2D eigenvalue weighted by Crippen LogP contribution is 2.44. The Balaban J connectivity index is 2.30. The van der Waals surface area contributed by atoms with Crippen LogP contribution in [0.5, 0.6) is 0 Å². The van der Waals surface area contributed by atoms with Crippen LogP contribution in [0.25, 0.3) is 0 Å². The topological polar surface area (TPSA) is 94.8 Å². The number of carbonyl (C=O) groups is 2. The van der Waals surface area contributed by atoms with Crippen molar-refractivity contribution in [2.24, 2.45) is 5.41 Å². The Hall–Kier alpha value is -2.89. The van der Waals surface area contributed by atoms with Gasteiger partial charge in [0.2, 0.25) is 0 Å². The van der Waals surface area contributed by atoms with Crippen LogP contribution >= 0.6 is 11.6 Å². The molecule has 0 aromatic heterocycles. The molecule has 2 atom stereocenters. The fraction of sp³-hybridized carbons (Fsp3) is 0.182. The number of aliphatic carboxylic acids is 2. The molecule has 0 heterocycles. The van der Waals surface area contributed by atoms with Crippen LogP contribution < -0.4 is 0 Å². The summed E-state index contributed by atoms with van der Waals surface area (Å²) in [5.41, 5.74) is -2.17. The Morgan fingerprint density at radius 2 is 1.57 bits per heavy atom. The third-order valence-corrected chi connectivity index (χ3v) is 5.25. The van der Waals surface area contributed by atoms with Crippen LogP contribution in [0.4, 0.5) is 0 Å². The smallest absolute Gasteiger partial charge is 0.331 e. The predicted octanol–water partition coefficient (Wildman–Crippen LogP) is 4.01. The first-order chi connectivity index (χ1) is 13.2. The van der Waals surface area contributed by atoms with Gasteiger partial charge in [0.15, 0.2) is 0 Å². The maximum atomic E-state index is 11.9. The zero-order valence-electron chi connectivity index (χ0n) is 15.1. The Morgan fingerprint density at radius 1 is 1.00 bits per heavy atom. The number of hydrogen-bond donors (Lipinski definition) is 3. The molecule has 5 nitrogen and oxygen atoms in total. The van der Waals surface area contributed by atoms with Gasteiger partial charge < -0.3 is 15.3 Å². The predicted molar refractivity (Wildman–Crippen MR) is 105 cm³/mol. The minimum atomic E-state index is -1.75. The quantitative estimate of drug-likeness (QED) is 0.707. The highest BCUT2D eigenvalue weighted by molar-refractivity contribution is 6.30. The van der Waals surface area contributed by atoms with E-state index >= 15 is 0 Å². The highest BCUT2D eigenvalue weighted by Gasteiger charge is 2.43. The number of hydrogen-bond acceptors (Lipinski definition) is 3. The lowest BCUT2D eigenvalue weighted by atomic mass is 9.70. The second kappa shape index (κ2) is 7.26. The molecule has 0 saturated heterocycles. The standard InChI is InChI=1S/C22H19ClO5/c1-21(20(26)27)12-14(19(24)25)11-17(13-21)22(28,15-5-3-2-4-6-15)16-7-9-18(23)10-8-16/h2-11,13,28H,12H2,1H3,(H,24,25)(H,26,27). The van der Waals surface area contributed by atoms with Crippen molar-refractivity contribution in [3.05, 3.63) is 94.0 Å². The van der Waals surface area contributed by atoms with E-state index in [1.165, 1.54) is 19.1 Å². The van der Waals surface area contributed by atoms with Gasteiger partial charge in [0.05, 0.1) is 5.41 Å². The van der Waals surface area contributed by atoms with Gasteiger partial charge in [0.25, 0.3) is 0 Å². The molecule has 0 radical (unpaired) electrons. The third kappa shape index (κ3) is 3.46. The minimum Gasteiger partial charge on any atom is -0.481 e. The van der Waals surface area contributed by atoms with Gasteiger partial charge in [0, 0.05) is 10.6 Å². The molecule has 2 unspecified atom stereocenters. The summed E-state index contributed by atoms with van der Waals surface area (Å²) >= 11 is 5.98. The Labute approximate surface area is 167 Å². The van der Waals surface area contributed by atoms with Gasteiger partial charge in [-0.1, -0.05) is 60.1 Å². The van der Waals surface area contributed by atoms with Gasteiger partial charge in [-0.3, -0.25) is 4.79 Å². The molecule has 6 heteroatoms. The molecule has 144 valence electrons. The SMILES string of the molecule is CC1(C(=O)O)C=C(C(O)(c2ccccc2)c2ccc(Cl)cc2)C=C(C(=O)O)C1. The van der Waals surface area contributed by atoms with E-state index in [1.807, 2.05) is 0 Å². The van der Waals surface area contributed by atoms with Crippen LogP contribution in [0.2, 0.25) is 5.02 Å². The van der Waals surface area contributed by atoms with Crippen LogP contribution in [0.3, 0.4) is 0 Å². The van der Waals surface area contributed by atoms with Crippen molar-refractivity contribution < 1.29 is 24.9 Å². The Morgan fingerprint density at radius 3 is 2.11 bits per heavy atom. The molecule has 0 amide bonds. The number of benzene rings is 2. The summed E-state index contributed by atoms with van der Waals surface area (Å²) in [6.45, 7) is 1.44. The maximum Gasteiger partial charge on any atom is 0.331 e. The van der Waals surface area contributed by atoms with Crippen molar-refractivity contribution in [1.82, 2.24) is 0 Å². The van der Waals surface area contributed by atoms with Gasteiger partial charge in [-0.25, -0.2) is 4.79 Å². The van der Waals surface area contributed by atoms with E-state index in [9.17, 15) is 24.9 Å². The van der Waals surface area contributed by atoms with Gasteiger partial charge in [-0.15, -0.1) is 0 Å². The summed E-state index contributed by atoms with van der Waals surface area (Å²) in [6.07, 6.45) is 2.62. The minimum absolute atomic E-state index is 0.0780. The van der Waals surface area contributed by atoms with E-state index < -0.39 is 23.0 Å². The summed E-state index contributed by atoms with van der Waals surface area (Å²) in [4.78, 5) is 23.5. The maximum absolute atomic E-state index is 11.9. The molecule has 3 N–H and O–H groups in total. The van der Waals surface area contributed by atoms with Gasteiger partial charge in [-0.2, -0.15) is 0 Å². The number of carboxylic acids is 2. The molecule has 0 bridgehead atoms. The van der Waals surface area contributed by atoms with Crippen molar-refractivity contribution in [1.29, 1.82) is 0 Å². The number of aliphatic hydroxyl groups is 1. The first kappa shape index (κ1) is 19.9. The summed E-state index contributed by atoms with van der Waals surface area (Å²) in [6, 6.07) is 15.2. The number of halogens is 1.